The second-order valence-corrected chi connectivity index (χ2v) is 16.5. The van der Waals surface area contributed by atoms with E-state index >= 15 is 0 Å². The van der Waals surface area contributed by atoms with Crippen LogP contribution in [0.3, 0.4) is 0 Å². The first kappa shape index (κ1) is 39.2. The van der Waals surface area contributed by atoms with Gasteiger partial charge in [0.25, 0.3) is 0 Å². The summed E-state index contributed by atoms with van der Waals surface area (Å²) >= 11 is 0. The molecule has 1 N–H and O–H groups in total. The van der Waals surface area contributed by atoms with E-state index in [0.717, 1.165) is 133 Å². The Labute approximate surface area is 369 Å². The molecule has 8 aromatic heterocycles. The summed E-state index contributed by atoms with van der Waals surface area (Å²) in [5, 5.41) is 14.6. The highest BCUT2D eigenvalue weighted by Crippen LogP contribution is 2.33. The van der Waals surface area contributed by atoms with E-state index in [9.17, 15) is 0 Å². The molecule has 0 radical (unpaired) electrons. The topological polar surface area (TPSA) is 142 Å². The second kappa shape index (κ2) is 16.9. The molecule has 1 atom stereocenters. The van der Waals surface area contributed by atoms with Gasteiger partial charge in [-0.3, -0.25) is 19.9 Å². The van der Waals surface area contributed by atoms with Crippen LogP contribution in [0.2, 0.25) is 0 Å². The fourth-order valence-corrected chi connectivity index (χ4v) is 8.74. The first-order chi connectivity index (χ1) is 31.5. The van der Waals surface area contributed by atoms with Gasteiger partial charge in [-0.05, 0) is 112 Å². The number of hydrogen-bond donors (Lipinski definition) is 1. The molecule has 64 heavy (non-hydrogen) atoms. The van der Waals surface area contributed by atoms with E-state index < -0.39 is 0 Å². The minimum Gasteiger partial charge on any atom is -0.489 e. The Morgan fingerprint density at radius 3 is 1.53 bits per heavy atom. The summed E-state index contributed by atoms with van der Waals surface area (Å²) in [6.45, 7) is 5.90. The predicted molar refractivity (Wildman–Crippen MR) is 248 cm³/mol. The van der Waals surface area contributed by atoms with Gasteiger partial charge in [0.15, 0.2) is 11.3 Å². The van der Waals surface area contributed by atoms with Crippen molar-refractivity contribution in [1.29, 1.82) is 0 Å². The number of benzene rings is 2. The number of nitrogens with zero attached hydrogens (tertiary/aromatic N) is 10. The molecule has 0 spiro atoms. The quantitative estimate of drug-likeness (QED) is 0.156. The average Bonchev–Trinajstić information content (AvgIpc) is 4.18. The fourth-order valence-electron chi connectivity index (χ4n) is 8.74. The number of aryl methyl sites for hydroxylation is 2. The van der Waals surface area contributed by atoms with Gasteiger partial charge >= 0.3 is 0 Å². The van der Waals surface area contributed by atoms with Crippen molar-refractivity contribution < 1.29 is 9.47 Å². The van der Waals surface area contributed by atoms with Crippen LogP contribution >= 0.6 is 0 Å². The highest BCUT2D eigenvalue weighted by atomic mass is 16.5. The third kappa shape index (κ3) is 7.86. The summed E-state index contributed by atoms with van der Waals surface area (Å²) in [5.74, 6) is 1.62. The van der Waals surface area contributed by atoms with Crippen LogP contribution in [-0.4, -0.2) is 74.4 Å². The zero-order valence-corrected chi connectivity index (χ0v) is 35.6. The van der Waals surface area contributed by atoms with Crippen LogP contribution in [0.1, 0.15) is 43.5 Å². The molecule has 2 fully saturated rings. The third-order valence-electron chi connectivity index (χ3n) is 12.0. The molecule has 1 aliphatic heterocycles. The summed E-state index contributed by atoms with van der Waals surface area (Å²) in [7, 11) is 0. The SMILES string of the molecule is Cc1ccc2c(-c3cnn4cc(-c5ccc(OC6CCCC6)cn5)cnc34)cccc2n1.Cc1ccc2c(-c3cnn4cc(-c5ccc(O[C@H]6CCNC6)cn5)cnc34)cccc2n1. The largest absolute Gasteiger partial charge is 0.489 e. The summed E-state index contributed by atoms with van der Waals surface area (Å²) < 4.78 is 15.6. The van der Waals surface area contributed by atoms with Crippen molar-refractivity contribution in [2.75, 3.05) is 13.1 Å². The molecule has 2 aliphatic rings. The predicted octanol–water partition coefficient (Wildman–Crippen LogP) is 9.69. The molecule has 316 valence electrons. The Balaban J connectivity index is 0.000000143. The monoisotopic (exact) mass is 843 g/mol. The van der Waals surface area contributed by atoms with E-state index in [1.807, 2.05) is 116 Å². The standard InChI is InChI=1S/C26H23N5O.C25H22N6O/c1-17-9-11-22-21(7-4-8-25(22)30-17)23-15-29-31-16-18(13-28-26(23)31)24-12-10-20(14-27-24)32-19-5-2-3-6-19;1-16-5-7-21-20(3-2-4-24(21)30-16)22-14-29-31-15-17(11-28-25(22)31)23-8-6-18(13-27-23)32-19-9-10-26-12-19/h4,7-16,19H,2-3,5-6H2,1H3;2-8,11,13-15,19,26H,9-10,12H2,1H3/t;19-/m.0/s1. The molecular weight excluding hydrogens is 799 g/mol. The van der Waals surface area contributed by atoms with Gasteiger partial charge in [-0.25, -0.2) is 19.0 Å². The summed E-state index contributed by atoms with van der Waals surface area (Å²) in [6, 6.07) is 28.5. The van der Waals surface area contributed by atoms with E-state index in [-0.39, 0.29) is 6.10 Å². The van der Waals surface area contributed by atoms with Gasteiger partial charge in [0.05, 0.1) is 53.3 Å². The number of nitrogens with one attached hydrogen (secondary N) is 1. The lowest BCUT2D eigenvalue weighted by Gasteiger charge is -2.12. The summed E-state index contributed by atoms with van der Waals surface area (Å²) in [5.41, 5.74) is 13.2. The zero-order valence-electron chi connectivity index (χ0n) is 35.6. The van der Waals surface area contributed by atoms with Gasteiger partial charge in [0, 0.05) is 75.7 Å². The minimum atomic E-state index is 0.219. The molecule has 0 bridgehead atoms. The van der Waals surface area contributed by atoms with E-state index in [1.165, 1.54) is 12.8 Å². The minimum absolute atomic E-state index is 0.219. The maximum absolute atomic E-state index is 6.03. The highest BCUT2D eigenvalue weighted by Gasteiger charge is 2.19. The molecule has 1 saturated heterocycles. The van der Waals surface area contributed by atoms with Crippen LogP contribution in [-0.2, 0) is 0 Å². The average molecular weight is 844 g/mol. The van der Waals surface area contributed by atoms with Crippen molar-refractivity contribution in [3.63, 3.8) is 0 Å². The van der Waals surface area contributed by atoms with E-state index in [0.29, 0.717) is 6.10 Å². The molecule has 1 aliphatic carbocycles. The second-order valence-electron chi connectivity index (χ2n) is 16.5. The van der Waals surface area contributed by atoms with Crippen molar-refractivity contribution in [2.24, 2.45) is 0 Å². The molecule has 0 unspecified atom stereocenters. The van der Waals surface area contributed by atoms with Gasteiger partial charge in [0.2, 0.25) is 0 Å². The van der Waals surface area contributed by atoms with Crippen LogP contribution in [0, 0.1) is 13.8 Å². The molecule has 13 heteroatoms. The van der Waals surface area contributed by atoms with Gasteiger partial charge in [-0.1, -0.05) is 36.4 Å². The van der Waals surface area contributed by atoms with E-state index in [1.54, 1.807) is 16.9 Å². The van der Waals surface area contributed by atoms with Crippen LogP contribution in [0.25, 0.3) is 77.9 Å². The molecule has 1 saturated carbocycles. The Morgan fingerprint density at radius 1 is 0.516 bits per heavy atom. The molecule has 12 rings (SSSR count). The van der Waals surface area contributed by atoms with Gasteiger partial charge < -0.3 is 14.8 Å². The van der Waals surface area contributed by atoms with Gasteiger partial charge in [0.1, 0.15) is 17.6 Å². The Morgan fingerprint density at radius 2 is 1.05 bits per heavy atom. The maximum atomic E-state index is 6.03. The highest BCUT2D eigenvalue weighted by molar-refractivity contribution is 5.99. The number of pyridine rings is 4. The molecule has 9 heterocycles. The maximum Gasteiger partial charge on any atom is 0.162 e. The Hall–Kier alpha value is -7.64. The van der Waals surface area contributed by atoms with Gasteiger partial charge in [-0.2, -0.15) is 10.2 Å². The lowest BCUT2D eigenvalue weighted by Crippen LogP contribution is -2.19. The number of fused-ring (bicyclic) bond motifs is 4. The van der Waals surface area contributed by atoms with Crippen LogP contribution in [0.4, 0.5) is 0 Å². The Bertz CT molecular complexity index is 3060. The smallest absolute Gasteiger partial charge is 0.162 e. The number of rotatable bonds is 8. The van der Waals surface area contributed by atoms with E-state index in [2.05, 4.69) is 59.7 Å². The van der Waals surface area contributed by atoms with Crippen molar-refractivity contribution >= 4 is 33.1 Å². The summed E-state index contributed by atoms with van der Waals surface area (Å²) in [4.78, 5) is 27.9. The molecule has 2 aromatic carbocycles. The number of aromatic nitrogens is 10. The van der Waals surface area contributed by atoms with Crippen LogP contribution in [0.5, 0.6) is 11.5 Å². The van der Waals surface area contributed by atoms with Gasteiger partial charge in [-0.15, -0.1) is 0 Å². The Kier molecular flexibility index (Phi) is 10.4. The molecule has 13 nitrogen and oxygen atoms in total. The molecule has 10 aromatic rings. The van der Waals surface area contributed by atoms with Crippen LogP contribution in [0.15, 0.2) is 135 Å². The van der Waals surface area contributed by atoms with Crippen molar-refractivity contribution in [1.82, 2.24) is 54.4 Å². The first-order valence-electron chi connectivity index (χ1n) is 21.9. The third-order valence-corrected chi connectivity index (χ3v) is 12.0. The fraction of sp³-hybridized carbons (Fsp3) is 0.216. The van der Waals surface area contributed by atoms with Crippen molar-refractivity contribution in [2.45, 2.75) is 58.2 Å². The molecular formula is C51H45N11O2. The van der Waals surface area contributed by atoms with Crippen molar-refractivity contribution in [3.05, 3.63) is 146 Å². The number of ether oxygens (including phenoxy) is 2. The lowest BCUT2D eigenvalue weighted by atomic mass is 10.0. The lowest BCUT2D eigenvalue weighted by molar-refractivity contribution is 0.209. The zero-order chi connectivity index (χ0) is 43.0. The number of hydrogen-bond acceptors (Lipinski definition) is 11. The first-order valence-corrected chi connectivity index (χ1v) is 21.9. The van der Waals surface area contributed by atoms with E-state index in [4.69, 9.17) is 19.4 Å². The normalized spacial score (nSPS) is 15.2. The summed E-state index contributed by atoms with van der Waals surface area (Å²) in [6.07, 6.45) is 21.3. The van der Waals surface area contributed by atoms with Crippen LogP contribution < -0.4 is 14.8 Å². The van der Waals surface area contributed by atoms with Crippen molar-refractivity contribution in [3.8, 4) is 56.3 Å². The molecule has 0 amide bonds.